The van der Waals surface area contributed by atoms with E-state index in [1.54, 1.807) is 25.1 Å². The molecule has 0 amide bonds. The van der Waals surface area contributed by atoms with Gasteiger partial charge in [-0.25, -0.2) is 9.59 Å². The first-order valence-electron chi connectivity index (χ1n) is 6.63. The Kier molecular flexibility index (Phi) is 6.06. The molecule has 7 heteroatoms. The molecule has 0 aliphatic rings. The van der Waals surface area contributed by atoms with Crippen molar-refractivity contribution < 1.29 is 29.3 Å². The lowest BCUT2D eigenvalue weighted by Gasteiger charge is -2.26. The van der Waals surface area contributed by atoms with Crippen LogP contribution in [-0.2, 0) is 19.1 Å². The number of benzene rings is 1. The van der Waals surface area contributed by atoms with Crippen LogP contribution in [-0.4, -0.2) is 53.7 Å². The number of esters is 2. The quantitative estimate of drug-likeness (QED) is 0.591. The molecule has 0 bridgehead atoms. The van der Waals surface area contributed by atoms with Gasteiger partial charge < -0.3 is 19.7 Å². The molecule has 1 rings (SSSR count). The second kappa shape index (κ2) is 7.56. The number of carbonyl (C=O) groups is 2. The number of hydrogen-bond acceptors (Lipinski definition) is 7. The molecule has 22 heavy (non-hydrogen) atoms. The second-order valence-corrected chi connectivity index (χ2v) is 4.61. The first-order valence-corrected chi connectivity index (χ1v) is 6.63. The van der Waals surface area contributed by atoms with Crippen molar-refractivity contribution in [1.82, 2.24) is 0 Å². The normalized spacial score (nSPS) is 15.1. The maximum absolute atomic E-state index is 11.9. The SMILES string of the molecule is CCOC(=O)[C@H](O)[C@@](C)(N=Cc1ccccc1O)C(=O)OC. The van der Waals surface area contributed by atoms with Crippen LogP contribution in [0.2, 0.25) is 0 Å². The minimum absolute atomic E-state index is 0.0518. The monoisotopic (exact) mass is 309 g/mol. The van der Waals surface area contributed by atoms with Crippen molar-refractivity contribution in [2.24, 2.45) is 4.99 Å². The summed E-state index contributed by atoms with van der Waals surface area (Å²) in [6, 6.07) is 6.30. The van der Waals surface area contributed by atoms with Gasteiger partial charge in [-0.05, 0) is 26.0 Å². The molecule has 2 N–H and O–H groups in total. The number of aliphatic imine (C=N–C) groups is 1. The van der Waals surface area contributed by atoms with E-state index in [1.165, 1.54) is 19.2 Å². The predicted octanol–water partition coefficient (Wildman–Crippen LogP) is 0.667. The van der Waals surface area contributed by atoms with Gasteiger partial charge in [0.1, 0.15) is 5.75 Å². The molecule has 0 fully saturated rings. The Bertz CT molecular complexity index is 571. The molecule has 0 saturated heterocycles. The highest BCUT2D eigenvalue weighted by atomic mass is 16.6. The number of phenolic OH excluding ortho intramolecular Hbond substituents is 1. The summed E-state index contributed by atoms with van der Waals surface area (Å²) in [7, 11) is 1.12. The first kappa shape index (κ1) is 17.6. The number of ether oxygens (including phenoxy) is 2. The fraction of sp³-hybridized carbons (Fsp3) is 0.400. The molecule has 0 spiro atoms. The zero-order valence-electron chi connectivity index (χ0n) is 12.6. The summed E-state index contributed by atoms with van der Waals surface area (Å²) < 4.78 is 9.30. The van der Waals surface area contributed by atoms with Crippen LogP contribution in [0.5, 0.6) is 5.75 Å². The lowest BCUT2D eigenvalue weighted by atomic mass is 9.95. The summed E-state index contributed by atoms with van der Waals surface area (Å²) in [6.45, 7) is 2.87. The van der Waals surface area contributed by atoms with Gasteiger partial charge in [0.2, 0.25) is 0 Å². The van der Waals surface area contributed by atoms with Crippen LogP contribution >= 0.6 is 0 Å². The van der Waals surface area contributed by atoms with Gasteiger partial charge in [-0.1, -0.05) is 12.1 Å². The molecule has 0 unspecified atom stereocenters. The maximum atomic E-state index is 11.9. The van der Waals surface area contributed by atoms with E-state index < -0.39 is 23.6 Å². The van der Waals surface area contributed by atoms with Gasteiger partial charge >= 0.3 is 11.9 Å². The number of methoxy groups -OCH3 is 1. The van der Waals surface area contributed by atoms with Crippen molar-refractivity contribution in [3.05, 3.63) is 29.8 Å². The standard InChI is InChI=1S/C15H19NO6/c1-4-22-13(19)12(18)15(2,14(20)21-3)16-9-10-7-5-6-8-11(10)17/h5-9,12,17-18H,4H2,1-3H3/t12-,15+/m0/s1. The summed E-state index contributed by atoms with van der Waals surface area (Å²) in [5, 5.41) is 19.7. The molecule has 1 aromatic rings. The van der Waals surface area contributed by atoms with E-state index in [0.29, 0.717) is 5.56 Å². The smallest absolute Gasteiger partial charge is 0.338 e. The van der Waals surface area contributed by atoms with Crippen LogP contribution < -0.4 is 0 Å². The molecule has 0 saturated carbocycles. The van der Waals surface area contributed by atoms with E-state index in [2.05, 4.69) is 9.73 Å². The van der Waals surface area contributed by atoms with Crippen LogP contribution in [0.25, 0.3) is 0 Å². The molecular weight excluding hydrogens is 290 g/mol. The molecule has 2 atom stereocenters. The minimum atomic E-state index is -1.89. The van der Waals surface area contributed by atoms with Gasteiger partial charge in [0.15, 0.2) is 11.6 Å². The molecule has 7 nitrogen and oxygen atoms in total. The highest BCUT2D eigenvalue weighted by Crippen LogP contribution is 2.21. The zero-order chi connectivity index (χ0) is 16.8. The van der Waals surface area contributed by atoms with Crippen LogP contribution in [0.3, 0.4) is 0 Å². The third-order valence-corrected chi connectivity index (χ3v) is 3.05. The van der Waals surface area contributed by atoms with Gasteiger partial charge in [0.25, 0.3) is 0 Å². The number of nitrogens with zero attached hydrogens (tertiary/aromatic N) is 1. The first-order chi connectivity index (χ1) is 10.4. The predicted molar refractivity (Wildman–Crippen MR) is 78.8 cm³/mol. The number of rotatable bonds is 6. The van der Waals surface area contributed by atoms with Crippen LogP contribution in [0, 0.1) is 0 Å². The van der Waals surface area contributed by atoms with Crippen molar-refractivity contribution in [3.63, 3.8) is 0 Å². The Labute approximate surface area is 128 Å². The fourth-order valence-electron chi connectivity index (χ4n) is 1.69. The Balaban J connectivity index is 3.15. The molecule has 0 aliphatic carbocycles. The van der Waals surface area contributed by atoms with Crippen molar-refractivity contribution >= 4 is 18.2 Å². The number of hydrogen-bond donors (Lipinski definition) is 2. The van der Waals surface area contributed by atoms with E-state index in [4.69, 9.17) is 4.74 Å². The number of phenols is 1. The zero-order valence-corrected chi connectivity index (χ0v) is 12.6. The van der Waals surface area contributed by atoms with Crippen molar-refractivity contribution in [2.45, 2.75) is 25.5 Å². The van der Waals surface area contributed by atoms with E-state index in [0.717, 1.165) is 7.11 Å². The average Bonchev–Trinajstić information content (AvgIpc) is 2.52. The lowest BCUT2D eigenvalue weighted by Crippen LogP contribution is -2.50. The Morgan fingerprint density at radius 2 is 2.05 bits per heavy atom. The third kappa shape index (κ3) is 3.82. The third-order valence-electron chi connectivity index (χ3n) is 3.05. The molecule has 0 aromatic heterocycles. The average molecular weight is 309 g/mol. The van der Waals surface area contributed by atoms with Crippen LogP contribution in [0.15, 0.2) is 29.3 Å². The largest absolute Gasteiger partial charge is 0.507 e. The molecule has 0 radical (unpaired) electrons. The number of para-hydroxylation sites is 1. The number of aliphatic hydroxyl groups is 1. The topological polar surface area (TPSA) is 105 Å². The van der Waals surface area contributed by atoms with Gasteiger partial charge in [0.05, 0.1) is 13.7 Å². The summed E-state index contributed by atoms with van der Waals surface area (Å²) in [5.74, 6) is -1.94. The van der Waals surface area contributed by atoms with Crippen molar-refractivity contribution in [2.75, 3.05) is 13.7 Å². The molecule has 0 heterocycles. The Hall–Kier alpha value is -2.41. The molecule has 0 aliphatic heterocycles. The maximum Gasteiger partial charge on any atom is 0.338 e. The minimum Gasteiger partial charge on any atom is -0.507 e. The second-order valence-electron chi connectivity index (χ2n) is 4.61. The van der Waals surface area contributed by atoms with Gasteiger partial charge in [-0.2, -0.15) is 0 Å². The van der Waals surface area contributed by atoms with E-state index >= 15 is 0 Å². The Morgan fingerprint density at radius 3 is 2.59 bits per heavy atom. The van der Waals surface area contributed by atoms with E-state index in [1.807, 2.05) is 0 Å². The Morgan fingerprint density at radius 1 is 1.41 bits per heavy atom. The summed E-state index contributed by atoms with van der Waals surface area (Å²) >= 11 is 0. The van der Waals surface area contributed by atoms with E-state index in [9.17, 15) is 19.8 Å². The summed E-state index contributed by atoms with van der Waals surface area (Å²) in [4.78, 5) is 27.6. The number of aromatic hydroxyl groups is 1. The van der Waals surface area contributed by atoms with Gasteiger partial charge in [-0.15, -0.1) is 0 Å². The highest BCUT2D eigenvalue weighted by molar-refractivity contribution is 5.93. The van der Waals surface area contributed by atoms with Crippen molar-refractivity contribution in [3.8, 4) is 5.75 Å². The van der Waals surface area contributed by atoms with Gasteiger partial charge in [-0.3, -0.25) is 4.99 Å². The van der Waals surface area contributed by atoms with Crippen LogP contribution in [0.4, 0.5) is 0 Å². The van der Waals surface area contributed by atoms with Crippen molar-refractivity contribution in [1.29, 1.82) is 0 Å². The summed E-state index contributed by atoms with van der Waals surface area (Å²) in [6.07, 6.45) is -0.642. The molecule has 120 valence electrons. The highest BCUT2D eigenvalue weighted by Gasteiger charge is 2.46. The number of carbonyl (C=O) groups excluding carboxylic acids is 2. The van der Waals surface area contributed by atoms with Gasteiger partial charge in [0, 0.05) is 11.8 Å². The summed E-state index contributed by atoms with van der Waals surface area (Å²) in [5.41, 5.74) is -1.56. The molecular formula is C15H19NO6. The number of aliphatic hydroxyl groups excluding tert-OH is 1. The molecule has 1 aromatic carbocycles. The van der Waals surface area contributed by atoms with Crippen LogP contribution in [0.1, 0.15) is 19.4 Å². The van der Waals surface area contributed by atoms with E-state index in [-0.39, 0.29) is 12.4 Å². The fourth-order valence-corrected chi connectivity index (χ4v) is 1.69. The lowest BCUT2D eigenvalue weighted by molar-refractivity contribution is -0.165.